The van der Waals surface area contributed by atoms with Gasteiger partial charge in [-0.3, -0.25) is 14.2 Å². The third-order valence-electron chi connectivity index (χ3n) is 4.79. The van der Waals surface area contributed by atoms with Crippen LogP contribution < -0.4 is 0 Å². The molecule has 1 rings (SSSR count). The van der Waals surface area contributed by atoms with Crippen LogP contribution in [0.2, 0.25) is 0 Å². The molecule has 9 heteroatoms. The molecule has 1 heterocycles. The Kier molecular flexibility index (Phi) is 10.9. The number of rotatable bonds is 12. The second-order valence-corrected chi connectivity index (χ2v) is 8.72. The van der Waals surface area contributed by atoms with Crippen molar-refractivity contribution in [2.75, 3.05) is 13.2 Å². The van der Waals surface area contributed by atoms with Crippen LogP contribution in [0.3, 0.4) is 0 Å². The molecule has 0 saturated carbocycles. The van der Waals surface area contributed by atoms with Crippen LogP contribution in [0.1, 0.15) is 84.0 Å². The molecule has 158 valence electrons. The van der Waals surface area contributed by atoms with E-state index in [9.17, 15) is 22.6 Å². The van der Waals surface area contributed by atoms with Crippen molar-refractivity contribution in [1.82, 2.24) is 0 Å². The van der Waals surface area contributed by atoms with Crippen molar-refractivity contribution in [3.05, 3.63) is 0 Å². The lowest BCUT2D eigenvalue weighted by atomic mass is 9.96. The van der Waals surface area contributed by atoms with E-state index < -0.39 is 33.2 Å². The van der Waals surface area contributed by atoms with Gasteiger partial charge in [-0.25, -0.2) is 4.79 Å². The first-order valence-electron chi connectivity index (χ1n) is 9.80. The lowest BCUT2D eigenvalue weighted by molar-refractivity contribution is -0.276. The van der Waals surface area contributed by atoms with Gasteiger partial charge in [0.25, 0.3) is 10.1 Å². The summed E-state index contributed by atoms with van der Waals surface area (Å²) in [6.45, 7) is 1.82. The molecular formula is C18H32O8S. The minimum absolute atomic E-state index is 0.161. The zero-order valence-electron chi connectivity index (χ0n) is 16.1. The van der Waals surface area contributed by atoms with Crippen molar-refractivity contribution in [2.24, 2.45) is 0 Å². The summed E-state index contributed by atoms with van der Waals surface area (Å²) in [5.41, 5.74) is 0. The molecule has 0 spiro atoms. The molecule has 0 amide bonds. The second-order valence-electron chi connectivity index (χ2n) is 6.99. The highest BCUT2D eigenvalue weighted by atomic mass is 32.2. The van der Waals surface area contributed by atoms with E-state index in [2.05, 4.69) is 16.7 Å². The van der Waals surface area contributed by atoms with Crippen LogP contribution >= 0.6 is 0 Å². The molecule has 8 nitrogen and oxygen atoms in total. The number of cyclic esters (lactones) is 1. The third-order valence-corrected chi connectivity index (χ3v) is 6.30. The van der Waals surface area contributed by atoms with Crippen molar-refractivity contribution >= 4 is 22.1 Å². The largest absolute Gasteiger partial charge is 0.463 e. The number of ether oxygens (including phenoxy) is 1. The smallest absolute Gasteiger partial charge is 0.366 e. The fraction of sp³-hybridized carbons (Fsp3) is 0.889. The fourth-order valence-corrected chi connectivity index (χ4v) is 4.08. The summed E-state index contributed by atoms with van der Waals surface area (Å²) in [6, 6.07) is 0. The summed E-state index contributed by atoms with van der Waals surface area (Å²) in [4.78, 5) is 33.1. The van der Waals surface area contributed by atoms with E-state index in [0.717, 1.165) is 19.3 Å². The van der Waals surface area contributed by atoms with E-state index in [4.69, 9.17) is 4.74 Å². The van der Waals surface area contributed by atoms with E-state index in [0.29, 0.717) is 12.8 Å². The molecule has 0 aromatic heterocycles. The van der Waals surface area contributed by atoms with Crippen molar-refractivity contribution in [2.45, 2.75) is 88.7 Å². The Hall–Kier alpha value is -1.19. The molecule has 1 unspecified atom stereocenters. The van der Waals surface area contributed by atoms with Crippen molar-refractivity contribution in [3.63, 3.8) is 0 Å². The van der Waals surface area contributed by atoms with Crippen molar-refractivity contribution in [1.29, 1.82) is 0 Å². The predicted molar refractivity (Wildman–Crippen MR) is 98.4 cm³/mol. The minimum Gasteiger partial charge on any atom is -0.463 e. The average Bonchev–Trinajstić information content (AvgIpc) is 2.66. The van der Waals surface area contributed by atoms with Crippen molar-refractivity contribution < 1.29 is 37.1 Å². The first-order valence-corrected chi connectivity index (χ1v) is 11.2. The Morgan fingerprint density at radius 3 is 2.04 bits per heavy atom. The van der Waals surface area contributed by atoms with Gasteiger partial charge in [0.15, 0.2) is 0 Å². The molecule has 1 fully saturated rings. The van der Waals surface area contributed by atoms with Gasteiger partial charge in [-0.05, 0) is 6.42 Å². The summed E-state index contributed by atoms with van der Waals surface area (Å²) < 4.78 is 35.9. The summed E-state index contributed by atoms with van der Waals surface area (Å²) in [6.07, 6.45) is 9.24. The maximum atomic E-state index is 12.2. The van der Waals surface area contributed by atoms with Crippen LogP contribution in [-0.4, -0.2) is 42.9 Å². The number of esters is 1. The van der Waals surface area contributed by atoms with Crippen LogP contribution in [0.15, 0.2) is 0 Å². The van der Waals surface area contributed by atoms with Gasteiger partial charge >= 0.3 is 11.9 Å². The molecule has 0 bridgehead atoms. The molecule has 1 N–H and O–H groups in total. The summed E-state index contributed by atoms with van der Waals surface area (Å²) in [5.74, 6) is -2.16. The highest BCUT2D eigenvalue weighted by Crippen LogP contribution is 2.31. The highest BCUT2D eigenvalue weighted by Gasteiger charge is 2.54. The summed E-state index contributed by atoms with van der Waals surface area (Å²) in [5, 5.41) is 0. The topological polar surface area (TPSA) is 116 Å². The Balaban J connectivity index is 2.51. The van der Waals surface area contributed by atoms with Gasteiger partial charge in [-0.2, -0.15) is 13.3 Å². The number of carbonyl (C=O) groups is 2. The molecule has 1 aliphatic rings. The van der Waals surface area contributed by atoms with Crippen LogP contribution in [-0.2, 0) is 34.2 Å². The molecule has 1 saturated heterocycles. The first kappa shape index (κ1) is 23.8. The van der Waals surface area contributed by atoms with Gasteiger partial charge in [0.1, 0.15) is 13.2 Å². The molecule has 0 aromatic rings. The highest BCUT2D eigenvalue weighted by molar-refractivity contribution is 7.88. The average molecular weight is 409 g/mol. The Bertz CT molecular complexity index is 560. The van der Waals surface area contributed by atoms with Gasteiger partial charge in [0.2, 0.25) is 4.75 Å². The predicted octanol–water partition coefficient (Wildman–Crippen LogP) is 3.35. The summed E-state index contributed by atoms with van der Waals surface area (Å²) >= 11 is 0. The fourth-order valence-electron chi connectivity index (χ4n) is 3.13. The molecular weight excluding hydrogens is 376 g/mol. The summed E-state index contributed by atoms with van der Waals surface area (Å²) in [7, 11) is -4.89. The number of hydrogen-bond donors (Lipinski definition) is 1. The Morgan fingerprint density at radius 1 is 0.926 bits per heavy atom. The normalized spacial score (nSPS) is 21.7. The zero-order valence-corrected chi connectivity index (χ0v) is 16.9. The van der Waals surface area contributed by atoms with E-state index in [1.165, 1.54) is 32.1 Å². The van der Waals surface area contributed by atoms with E-state index in [-0.39, 0.29) is 19.6 Å². The van der Waals surface area contributed by atoms with Crippen LogP contribution in [0, 0.1) is 0 Å². The molecule has 0 aliphatic carbocycles. The second kappa shape index (κ2) is 12.3. The van der Waals surface area contributed by atoms with E-state index in [1.54, 1.807) is 0 Å². The van der Waals surface area contributed by atoms with Gasteiger partial charge in [0.05, 0.1) is 6.42 Å². The lowest BCUT2D eigenvalue weighted by Crippen LogP contribution is -2.49. The first-order chi connectivity index (χ1) is 12.8. The monoisotopic (exact) mass is 408 g/mol. The van der Waals surface area contributed by atoms with Crippen molar-refractivity contribution in [3.8, 4) is 0 Å². The molecule has 0 aromatic carbocycles. The van der Waals surface area contributed by atoms with Crippen LogP contribution in [0.5, 0.6) is 0 Å². The maximum Gasteiger partial charge on any atom is 0.366 e. The zero-order chi connectivity index (χ0) is 20.2. The Morgan fingerprint density at radius 2 is 1.48 bits per heavy atom. The van der Waals surface area contributed by atoms with Gasteiger partial charge in [-0.15, -0.1) is 0 Å². The lowest BCUT2D eigenvalue weighted by Gasteiger charge is -2.25. The quantitative estimate of drug-likeness (QED) is 0.226. The van der Waals surface area contributed by atoms with Crippen LogP contribution in [0.4, 0.5) is 0 Å². The van der Waals surface area contributed by atoms with E-state index in [1.807, 2.05) is 0 Å². The number of hydrogen-bond acceptors (Lipinski definition) is 7. The van der Waals surface area contributed by atoms with Gasteiger partial charge in [-0.1, -0.05) is 71.1 Å². The standard InChI is InChI=1S/C18H32O8S/c1-2-3-4-5-6-7-8-9-10-11-12-18(27(21,22)23)15-16(19)24-13-14-25-26-17(18)20/h2-15H2,1H3,(H,21,22,23). The van der Waals surface area contributed by atoms with Gasteiger partial charge in [0, 0.05) is 0 Å². The number of unbranched alkanes of at least 4 members (excludes halogenated alkanes) is 9. The molecule has 1 aliphatic heterocycles. The molecule has 27 heavy (non-hydrogen) atoms. The number of carbonyl (C=O) groups excluding carboxylic acids is 2. The maximum absolute atomic E-state index is 12.2. The molecule has 1 atom stereocenters. The SMILES string of the molecule is CCCCCCCCCCCCC1(S(=O)(=O)O)CC(=O)OCCOOC1=O. The minimum atomic E-state index is -4.89. The molecule has 0 radical (unpaired) electrons. The van der Waals surface area contributed by atoms with E-state index >= 15 is 0 Å². The van der Waals surface area contributed by atoms with Gasteiger partial charge < -0.3 is 4.74 Å². The Labute approximate surface area is 161 Å². The third kappa shape index (κ3) is 8.15. The van der Waals surface area contributed by atoms with Crippen LogP contribution in [0.25, 0.3) is 0 Å².